The number of hydrogen-bond acceptors (Lipinski definition) is 4. The molecule has 11 heteroatoms. The average Bonchev–Trinajstić information content (AvgIpc) is 3.14. The Hall–Kier alpha value is -1.52. The van der Waals surface area contributed by atoms with Crippen LogP contribution < -0.4 is 5.11 Å². The molecule has 1 aromatic carbocycles. The van der Waals surface area contributed by atoms with Crippen LogP contribution >= 0.6 is 11.6 Å². The van der Waals surface area contributed by atoms with Gasteiger partial charge in [-0.1, -0.05) is 11.6 Å². The molecule has 0 radical (unpaired) electrons. The number of benzene rings is 1. The number of hydrogen-bond donors (Lipinski definition) is 0. The summed E-state index contributed by atoms with van der Waals surface area (Å²) < 4.78 is 65.9. The lowest BCUT2D eigenvalue weighted by Crippen LogP contribution is -2.58. The van der Waals surface area contributed by atoms with E-state index in [0.717, 1.165) is 6.07 Å². The number of sulfonamides is 1. The van der Waals surface area contributed by atoms with Crippen LogP contribution in [-0.2, 0) is 16.2 Å². The van der Waals surface area contributed by atoms with Gasteiger partial charge in [-0.25, -0.2) is 8.42 Å². The first kappa shape index (κ1) is 23.1. The zero-order chi connectivity index (χ0) is 22.6. The van der Waals surface area contributed by atoms with Gasteiger partial charge in [0.1, 0.15) is 11.0 Å². The Balaban J connectivity index is 1.87. The van der Waals surface area contributed by atoms with Crippen molar-refractivity contribution >= 4 is 27.7 Å². The first-order valence-corrected chi connectivity index (χ1v) is 11.3. The molecular weight excluding hydrogens is 445 g/mol. The number of carbonyl (C=O) groups is 1. The van der Waals surface area contributed by atoms with Crippen molar-refractivity contribution in [2.45, 2.75) is 56.3 Å². The van der Waals surface area contributed by atoms with Crippen molar-refractivity contribution in [1.29, 1.82) is 0 Å². The molecule has 6 nitrogen and oxygen atoms in total. The van der Waals surface area contributed by atoms with Gasteiger partial charge in [0.25, 0.3) is 0 Å². The van der Waals surface area contributed by atoms with Gasteiger partial charge in [0.05, 0.1) is 10.6 Å². The lowest BCUT2D eigenvalue weighted by atomic mass is 9.93. The Morgan fingerprint density at radius 1 is 1.20 bits per heavy atom. The Kier molecular flexibility index (Phi) is 5.83. The van der Waals surface area contributed by atoms with Crippen molar-refractivity contribution in [2.75, 3.05) is 13.1 Å². The summed E-state index contributed by atoms with van der Waals surface area (Å²) in [5.74, 6) is -0.257. The monoisotopic (exact) mass is 467 g/mol. The second kappa shape index (κ2) is 7.56. The summed E-state index contributed by atoms with van der Waals surface area (Å²) in [4.78, 5) is 12.6. The third-order valence-electron chi connectivity index (χ3n) is 5.91. The summed E-state index contributed by atoms with van der Waals surface area (Å²) in [6, 6.07) is 1.78. The fourth-order valence-electron chi connectivity index (χ4n) is 4.64. The van der Waals surface area contributed by atoms with Crippen LogP contribution in [0.3, 0.4) is 0 Å². The molecule has 1 saturated heterocycles. The number of alkyl halides is 3. The summed E-state index contributed by atoms with van der Waals surface area (Å²) in [6.45, 7) is 5.51. The van der Waals surface area contributed by atoms with Crippen LogP contribution in [0.5, 0.6) is 0 Å². The molecule has 1 saturated carbocycles. The second-order valence-electron chi connectivity index (χ2n) is 8.84. The van der Waals surface area contributed by atoms with Crippen molar-refractivity contribution < 1.29 is 31.5 Å². The van der Waals surface area contributed by atoms with Crippen LogP contribution in [0.2, 0.25) is 5.02 Å². The van der Waals surface area contributed by atoms with Crippen LogP contribution in [0.1, 0.15) is 39.2 Å². The highest BCUT2D eigenvalue weighted by Crippen LogP contribution is 2.44. The molecule has 1 aliphatic heterocycles. The molecule has 1 aliphatic carbocycles. The number of amides is 1. The number of nitrogens with zero attached hydrogens (tertiary/aromatic N) is 2. The molecule has 3 atom stereocenters. The number of fused-ring (bicyclic) bond motifs is 1. The highest BCUT2D eigenvalue weighted by molar-refractivity contribution is 7.89. The summed E-state index contributed by atoms with van der Waals surface area (Å²) >= 11 is 5.90. The van der Waals surface area contributed by atoms with Crippen molar-refractivity contribution in [2.24, 2.45) is 11.8 Å². The van der Waals surface area contributed by atoms with Gasteiger partial charge in [-0.3, -0.25) is 0 Å². The van der Waals surface area contributed by atoms with Crippen LogP contribution in [0, 0.1) is 11.8 Å². The van der Waals surface area contributed by atoms with Crippen molar-refractivity contribution in [3.8, 4) is 0 Å². The van der Waals surface area contributed by atoms with E-state index in [1.165, 1.54) is 9.21 Å². The summed E-state index contributed by atoms with van der Waals surface area (Å²) in [7, 11) is -4.13. The maximum absolute atomic E-state index is 13.1. The van der Waals surface area contributed by atoms with Gasteiger partial charge in [0.15, 0.2) is 0 Å². The van der Waals surface area contributed by atoms with Crippen LogP contribution in [0.15, 0.2) is 23.1 Å². The lowest BCUT2D eigenvalue weighted by Gasteiger charge is -2.44. The SMILES string of the molecule is CC(C)(C)N(C(=O)[O-])[C@H]1CC[C@@H]2CN(S(=O)(=O)c3ccc(C(F)(F)F)cc3Cl)C[C@@H]21. The first-order valence-electron chi connectivity index (χ1n) is 9.51. The Morgan fingerprint density at radius 3 is 2.33 bits per heavy atom. The largest absolute Gasteiger partial charge is 0.530 e. The van der Waals surface area contributed by atoms with E-state index in [-0.39, 0.29) is 35.9 Å². The second-order valence-corrected chi connectivity index (χ2v) is 11.2. The molecule has 1 heterocycles. The number of rotatable bonds is 3. The lowest BCUT2D eigenvalue weighted by molar-refractivity contribution is -0.274. The van der Waals surface area contributed by atoms with Crippen LogP contribution in [-0.4, -0.2) is 48.4 Å². The van der Waals surface area contributed by atoms with E-state index in [2.05, 4.69) is 0 Å². The molecule has 2 fully saturated rings. The van der Waals surface area contributed by atoms with E-state index in [1.54, 1.807) is 20.8 Å². The van der Waals surface area contributed by atoms with Gasteiger partial charge in [0.2, 0.25) is 10.0 Å². The minimum Gasteiger partial charge on any atom is -0.530 e. The topological polar surface area (TPSA) is 80.8 Å². The molecule has 0 aromatic heterocycles. The standard InChI is InChI=1S/C19H24ClF3N2O4S/c1-18(2,3)25(17(26)27)15-6-4-11-9-24(10-13(11)15)30(28,29)16-7-5-12(8-14(16)20)19(21,22)23/h5,7-8,11,13,15H,4,6,9-10H2,1-3H3,(H,26,27)/p-1/t11-,13+,15+/m1/s1. The van der Waals surface area contributed by atoms with E-state index in [1.807, 2.05) is 0 Å². The Morgan fingerprint density at radius 2 is 1.83 bits per heavy atom. The van der Waals surface area contributed by atoms with Crippen LogP contribution in [0.25, 0.3) is 0 Å². The van der Waals surface area contributed by atoms with Crippen molar-refractivity contribution in [3.63, 3.8) is 0 Å². The molecule has 1 amide bonds. The third kappa shape index (κ3) is 4.13. The van der Waals surface area contributed by atoms with E-state index in [9.17, 15) is 31.5 Å². The molecule has 2 aliphatic rings. The maximum atomic E-state index is 13.1. The third-order valence-corrected chi connectivity index (χ3v) is 8.23. The predicted molar refractivity (Wildman–Crippen MR) is 102 cm³/mol. The van der Waals surface area contributed by atoms with E-state index >= 15 is 0 Å². The maximum Gasteiger partial charge on any atom is 0.416 e. The number of carbonyl (C=O) groups excluding carboxylic acids is 1. The molecule has 0 bridgehead atoms. The first-order chi connectivity index (χ1) is 13.6. The smallest absolute Gasteiger partial charge is 0.416 e. The minimum absolute atomic E-state index is 0.0396. The molecule has 3 rings (SSSR count). The predicted octanol–water partition coefficient (Wildman–Crippen LogP) is 3.20. The Bertz CT molecular complexity index is 946. The van der Waals surface area contributed by atoms with E-state index in [0.29, 0.717) is 25.0 Å². The van der Waals surface area contributed by atoms with Gasteiger partial charge in [-0.2, -0.15) is 17.5 Å². The van der Waals surface area contributed by atoms with Gasteiger partial charge < -0.3 is 14.8 Å². The minimum atomic E-state index is -4.63. The summed E-state index contributed by atoms with van der Waals surface area (Å²) in [6.07, 6.45) is -4.68. The van der Waals surface area contributed by atoms with Gasteiger partial charge in [-0.15, -0.1) is 0 Å². The van der Waals surface area contributed by atoms with Gasteiger partial charge >= 0.3 is 6.18 Å². The molecule has 0 unspecified atom stereocenters. The highest BCUT2D eigenvalue weighted by Gasteiger charge is 2.50. The van der Waals surface area contributed by atoms with Crippen molar-refractivity contribution in [3.05, 3.63) is 28.8 Å². The number of halogens is 4. The molecule has 168 valence electrons. The highest BCUT2D eigenvalue weighted by atomic mass is 35.5. The van der Waals surface area contributed by atoms with Gasteiger partial charge in [-0.05, 0) is 63.6 Å². The van der Waals surface area contributed by atoms with E-state index in [4.69, 9.17) is 11.6 Å². The van der Waals surface area contributed by atoms with Gasteiger partial charge in [0, 0.05) is 24.7 Å². The molecule has 1 aromatic rings. The van der Waals surface area contributed by atoms with E-state index < -0.39 is 38.4 Å². The molecule has 0 N–H and O–H groups in total. The fraction of sp³-hybridized carbons (Fsp3) is 0.632. The fourth-order valence-corrected chi connectivity index (χ4v) is 6.70. The van der Waals surface area contributed by atoms with Crippen LogP contribution in [0.4, 0.5) is 18.0 Å². The molecular formula is C19H23ClF3N2O4S-. The molecule has 30 heavy (non-hydrogen) atoms. The zero-order valence-corrected chi connectivity index (χ0v) is 18.3. The molecule has 0 spiro atoms. The summed E-state index contributed by atoms with van der Waals surface area (Å²) in [5.41, 5.74) is -1.74. The normalized spacial score (nSPS) is 25.4. The zero-order valence-electron chi connectivity index (χ0n) is 16.7. The summed E-state index contributed by atoms with van der Waals surface area (Å²) in [5, 5.41) is 11.3. The average molecular weight is 468 g/mol. The van der Waals surface area contributed by atoms with Crippen molar-refractivity contribution in [1.82, 2.24) is 9.21 Å². The Labute approximate surface area is 178 Å². The number of carboxylic acid groups (broad SMARTS) is 1. The quantitative estimate of drug-likeness (QED) is 0.683.